The normalized spacial score (nSPS) is 10.4. The highest BCUT2D eigenvalue weighted by molar-refractivity contribution is 7.13. The second-order valence-corrected chi connectivity index (χ2v) is 6.57. The lowest BCUT2D eigenvalue weighted by Crippen LogP contribution is -2.22. The molecule has 3 aromatic rings. The maximum atomic E-state index is 12.9. The number of nitrogens with one attached hydrogen (secondary N) is 2. The molecule has 0 bridgehead atoms. The maximum absolute atomic E-state index is 12.9. The molecule has 0 spiro atoms. The van der Waals surface area contributed by atoms with Gasteiger partial charge in [-0.3, -0.25) is 9.59 Å². The minimum atomic E-state index is -0.407. The Morgan fingerprint density at radius 2 is 1.69 bits per heavy atom. The van der Waals surface area contributed by atoms with Gasteiger partial charge in [-0.15, -0.1) is 10.2 Å². The van der Waals surface area contributed by atoms with E-state index < -0.39 is 5.82 Å². The summed E-state index contributed by atoms with van der Waals surface area (Å²) in [6.45, 7) is 2.09. The topological polar surface area (TPSA) is 84.0 Å². The van der Waals surface area contributed by atoms with E-state index in [9.17, 15) is 14.0 Å². The molecule has 1 aromatic heterocycles. The summed E-state index contributed by atoms with van der Waals surface area (Å²) >= 11 is 1.09. The molecule has 0 aliphatic rings. The minimum Gasteiger partial charge on any atom is -0.345 e. The van der Waals surface area contributed by atoms with Gasteiger partial charge in [0, 0.05) is 11.3 Å². The second-order valence-electron chi connectivity index (χ2n) is 5.51. The zero-order valence-electron chi connectivity index (χ0n) is 13.8. The van der Waals surface area contributed by atoms with E-state index in [1.807, 2.05) is 19.1 Å². The zero-order valence-corrected chi connectivity index (χ0v) is 14.6. The van der Waals surface area contributed by atoms with Crippen LogP contribution in [-0.2, 0) is 6.54 Å². The van der Waals surface area contributed by atoms with Gasteiger partial charge in [0.25, 0.3) is 11.8 Å². The van der Waals surface area contributed by atoms with Crippen molar-refractivity contribution in [2.24, 2.45) is 0 Å². The molecule has 2 amide bonds. The molecule has 0 radical (unpaired) electrons. The van der Waals surface area contributed by atoms with Crippen molar-refractivity contribution in [1.29, 1.82) is 0 Å². The molecule has 6 nitrogen and oxygen atoms in total. The van der Waals surface area contributed by atoms with Crippen LogP contribution >= 0.6 is 11.3 Å². The van der Waals surface area contributed by atoms with Gasteiger partial charge in [0.2, 0.25) is 5.01 Å². The Hall–Kier alpha value is -3.13. The molecule has 0 atom stereocenters. The second kappa shape index (κ2) is 7.83. The highest BCUT2D eigenvalue weighted by atomic mass is 32.1. The van der Waals surface area contributed by atoms with Crippen LogP contribution in [0.3, 0.4) is 0 Å². The third-order valence-corrected chi connectivity index (χ3v) is 4.40. The zero-order chi connectivity index (χ0) is 18.5. The molecule has 2 aromatic carbocycles. The van der Waals surface area contributed by atoms with Gasteiger partial charge in [0.1, 0.15) is 10.8 Å². The highest BCUT2D eigenvalue weighted by Gasteiger charge is 2.14. The van der Waals surface area contributed by atoms with Crippen molar-refractivity contribution in [1.82, 2.24) is 15.5 Å². The van der Waals surface area contributed by atoms with Crippen molar-refractivity contribution in [3.63, 3.8) is 0 Å². The van der Waals surface area contributed by atoms with E-state index in [2.05, 4.69) is 20.8 Å². The van der Waals surface area contributed by atoms with Gasteiger partial charge >= 0.3 is 0 Å². The fourth-order valence-corrected chi connectivity index (χ4v) is 2.77. The molecule has 3 rings (SSSR count). The van der Waals surface area contributed by atoms with Crippen molar-refractivity contribution in [3.05, 3.63) is 75.5 Å². The van der Waals surface area contributed by atoms with Crippen LogP contribution in [0.15, 0.2) is 48.5 Å². The van der Waals surface area contributed by atoms with Crippen LogP contribution in [0.25, 0.3) is 0 Å². The molecule has 8 heteroatoms. The lowest BCUT2D eigenvalue weighted by molar-refractivity contribution is 0.0949. The molecule has 26 heavy (non-hydrogen) atoms. The van der Waals surface area contributed by atoms with Crippen LogP contribution in [0.2, 0.25) is 0 Å². The molecular weight excluding hydrogens is 355 g/mol. The van der Waals surface area contributed by atoms with Gasteiger partial charge < -0.3 is 10.6 Å². The highest BCUT2D eigenvalue weighted by Crippen LogP contribution is 2.14. The predicted molar refractivity (Wildman–Crippen MR) is 96.6 cm³/mol. The first-order valence-corrected chi connectivity index (χ1v) is 8.57. The monoisotopic (exact) mass is 370 g/mol. The Labute approximate surface area is 153 Å². The van der Waals surface area contributed by atoms with Crippen LogP contribution in [0.5, 0.6) is 0 Å². The van der Waals surface area contributed by atoms with Crippen molar-refractivity contribution >= 4 is 28.8 Å². The number of rotatable bonds is 5. The number of hydrogen-bond acceptors (Lipinski definition) is 5. The number of benzene rings is 2. The fourth-order valence-electron chi connectivity index (χ4n) is 2.10. The molecule has 0 saturated heterocycles. The Balaban J connectivity index is 1.57. The third kappa shape index (κ3) is 4.48. The Kier molecular flexibility index (Phi) is 5.33. The summed E-state index contributed by atoms with van der Waals surface area (Å²) in [5, 5.41) is 13.9. The maximum Gasteiger partial charge on any atom is 0.286 e. The largest absolute Gasteiger partial charge is 0.345 e. The number of halogens is 1. The quantitative estimate of drug-likeness (QED) is 0.723. The van der Waals surface area contributed by atoms with E-state index in [1.54, 1.807) is 12.1 Å². The SMILES string of the molecule is Cc1ccc(NC(=O)c2nnc(CNC(=O)c3ccc(F)cc3)s2)cc1. The molecular formula is C18H15FN4O2S. The summed E-state index contributed by atoms with van der Waals surface area (Å²) in [4.78, 5) is 24.2. The van der Waals surface area contributed by atoms with E-state index in [0.29, 0.717) is 16.3 Å². The molecule has 0 aliphatic carbocycles. The summed E-state index contributed by atoms with van der Waals surface area (Å²) in [6.07, 6.45) is 0. The van der Waals surface area contributed by atoms with E-state index in [-0.39, 0.29) is 23.4 Å². The van der Waals surface area contributed by atoms with Crippen LogP contribution in [0.4, 0.5) is 10.1 Å². The van der Waals surface area contributed by atoms with Gasteiger partial charge in [-0.1, -0.05) is 29.0 Å². The molecule has 0 aliphatic heterocycles. The van der Waals surface area contributed by atoms with Crippen molar-refractivity contribution in [3.8, 4) is 0 Å². The summed E-state index contributed by atoms with van der Waals surface area (Å²) in [5.41, 5.74) is 2.10. The first-order chi connectivity index (χ1) is 12.5. The summed E-state index contributed by atoms with van der Waals surface area (Å²) in [5.74, 6) is -1.12. The first kappa shape index (κ1) is 17.7. The average Bonchev–Trinajstić information content (AvgIpc) is 3.11. The van der Waals surface area contributed by atoms with Gasteiger partial charge in [0.15, 0.2) is 0 Å². The average molecular weight is 370 g/mol. The predicted octanol–water partition coefficient (Wildman–Crippen LogP) is 3.17. The van der Waals surface area contributed by atoms with Crippen molar-refractivity contribution < 1.29 is 14.0 Å². The summed E-state index contributed by atoms with van der Waals surface area (Å²) in [7, 11) is 0. The number of carbonyl (C=O) groups excluding carboxylic acids is 2. The van der Waals surface area contributed by atoms with E-state index in [1.165, 1.54) is 24.3 Å². The molecule has 0 fully saturated rings. The lowest BCUT2D eigenvalue weighted by Gasteiger charge is -2.03. The Morgan fingerprint density at radius 1 is 1.00 bits per heavy atom. The number of aryl methyl sites for hydroxylation is 1. The summed E-state index contributed by atoms with van der Waals surface area (Å²) < 4.78 is 12.9. The van der Waals surface area contributed by atoms with Gasteiger partial charge in [-0.25, -0.2) is 4.39 Å². The summed E-state index contributed by atoms with van der Waals surface area (Å²) in [6, 6.07) is 12.6. The van der Waals surface area contributed by atoms with Gasteiger partial charge in [-0.05, 0) is 43.3 Å². The molecule has 0 saturated carbocycles. The fraction of sp³-hybridized carbons (Fsp3) is 0.111. The smallest absolute Gasteiger partial charge is 0.286 e. The van der Waals surface area contributed by atoms with E-state index in [0.717, 1.165) is 16.9 Å². The molecule has 2 N–H and O–H groups in total. The van der Waals surface area contributed by atoms with Gasteiger partial charge in [-0.2, -0.15) is 0 Å². The molecule has 132 valence electrons. The first-order valence-electron chi connectivity index (χ1n) is 7.75. The minimum absolute atomic E-state index is 0.131. The number of anilines is 1. The van der Waals surface area contributed by atoms with Gasteiger partial charge in [0.05, 0.1) is 6.54 Å². The number of hydrogen-bond donors (Lipinski definition) is 2. The van der Waals surface area contributed by atoms with Crippen molar-refractivity contribution in [2.75, 3.05) is 5.32 Å². The Bertz CT molecular complexity index is 923. The van der Waals surface area contributed by atoms with Crippen LogP contribution in [-0.4, -0.2) is 22.0 Å². The number of nitrogens with zero attached hydrogens (tertiary/aromatic N) is 2. The van der Waals surface area contributed by atoms with Crippen LogP contribution < -0.4 is 10.6 Å². The van der Waals surface area contributed by atoms with E-state index in [4.69, 9.17) is 0 Å². The van der Waals surface area contributed by atoms with Crippen LogP contribution in [0, 0.1) is 12.7 Å². The molecule has 0 unspecified atom stereocenters. The van der Waals surface area contributed by atoms with Crippen LogP contribution in [0.1, 0.15) is 30.7 Å². The Morgan fingerprint density at radius 3 is 2.38 bits per heavy atom. The third-order valence-electron chi connectivity index (χ3n) is 3.48. The number of amides is 2. The van der Waals surface area contributed by atoms with Crippen molar-refractivity contribution in [2.45, 2.75) is 13.5 Å². The molecule has 1 heterocycles. The van der Waals surface area contributed by atoms with E-state index >= 15 is 0 Å². The standard InChI is InChI=1S/C18H15FN4O2S/c1-11-2-8-14(9-3-11)21-17(25)18-23-22-15(26-18)10-20-16(24)12-4-6-13(19)7-5-12/h2-9H,10H2,1H3,(H,20,24)(H,21,25). The number of carbonyl (C=O) groups is 2. The lowest BCUT2D eigenvalue weighted by atomic mass is 10.2. The number of aromatic nitrogens is 2.